The Balaban J connectivity index is 2.17. The first kappa shape index (κ1) is 14.1. The van der Waals surface area contributed by atoms with Gasteiger partial charge >= 0.3 is 5.97 Å². The average molecular weight is 270 g/mol. The van der Waals surface area contributed by atoms with Gasteiger partial charge in [0.25, 0.3) is 0 Å². The highest BCUT2D eigenvalue weighted by Gasteiger charge is 2.06. The molecule has 2 aromatic rings. The number of carboxylic acid groups (broad SMARTS) is 1. The fraction of sp³-hybridized carbons (Fsp3) is 0.235. The van der Waals surface area contributed by atoms with Crippen molar-refractivity contribution in [2.45, 2.75) is 26.7 Å². The lowest BCUT2D eigenvalue weighted by molar-refractivity contribution is 0.0697. The largest absolute Gasteiger partial charge is 0.478 e. The van der Waals surface area contributed by atoms with E-state index in [0.29, 0.717) is 11.7 Å². The second kappa shape index (κ2) is 5.78. The molecule has 1 N–H and O–H groups in total. The predicted octanol–water partition coefficient (Wildman–Crippen LogP) is 4.61. The van der Waals surface area contributed by atoms with Crippen LogP contribution in [0.15, 0.2) is 42.5 Å². The molecule has 2 aromatic carbocycles. The summed E-state index contributed by atoms with van der Waals surface area (Å²) in [5, 5.41) is 8.84. The molecule has 0 aliphatic heterocycles. The van der Waals surface area contributed by atoms with Crippen molar-refractivity contribution in [2.75, 3.05) is 0 Å². The van der Waals surface area contributed by atoms with Gasteiger partial charge in [0.05, 0.1) is 5.56 Å². The van der Waals surface area contributed by atoms with Crippen LogP contribution in [0.4, 0.5) is 0 Å². The second-order valence-electron chi connectivity index (χ2n) is 5.10. The lowest BCUT2D eigenvalue weighted by Gasteiger charge is -2.12. The number of hydrogen-bond donors (Lipinski definition) is 1. The molecule has 0 radical (unpaired) electrons. The number of carboxylic acids is 1. The molecule has 0 aliphatic rings. The Labute approximate surface area is 118 Å². The molecule has 20 heavy (non-hydrogen) atoms. The molecular weight excluding hydrogens is 252 g/mol. The highest BCUT2D eigenvalue weighted by Crippen LogP contribution is 2.27. The number of hydrogen-bond acceptors (Lipinski definition) is 2. The lowest BCUT2D eigenvalue weighted by atomic mass is 9.98. The van der Waals surface area contributed by atoms with Crippen molar-refractivity contribution in [3.63, 3.8) is 0 Å². The van der Waals surface area contributed by atoms with Crippen molar-refractivity contribution in [1.29, 1.82) is 0 Å². The summed E-state index contributed by atoms with van der Waals surface area (Å²) in [6, 6.07) is 12.4. The summed E-state index contributed by atoms with van der Waals surface area (Å²) in [6.45, 7) is 6.39. The monoisotopic (exact) mass is 270 g/mol. The van der Waals surface area contributed by atoms with Crippen LogP contribution in [0, 0.1) is 6.92 Å². The van der Waals surface area contributed by atoms with Crippen molar-refractivity contribution in [3.8, 4) is 11.5 Å². The van der Waals surface area contributed by atoms with E-state index in [1.807, 2.05) is 12.1 Å². The van der Waals surface area contributed by atoms with Crippen molar-refractivity contribution in [1.82, 2.24) is 0 Å². The van der Waals surface area contributed by atoms with Gasteiger partial charge < -0.3 is 9.84 Å². The van der Waals surface area contributed by atoms with Crippen LogP contribution in [0.25, 0.3) is 0 Å². The van der Waals surface area contributed by atoms with Gasteiger partial charge in [-0.2, -0.15) is 0 Å². The summed E-state index contributed by atoms with van der Waals surface area (Å²) < 4.78 is 5.74. The molecule has 0 aromatic heterocycles. The third-order valence-electron chi connectivity index (χ3n) is 3.20. The van der Waals surface area contributed by atoms with Crippen molar-refractivity contribution < 1.29 is 14.6 Å². The minimum absolute atomic E-state index is 0.253. The van der Waals surface area contributed by atoms with Crippen molar-refractivity contribution >= 4 is 5.97 Å². The first-order valence-electron chi connectivity index (χ1n) is 6.59. The van der Waals surface area contributed by atoms with Gasteiger partial charge in [-0.3, -0.25) is 0 Å². The van der Waals surface area contributed by atoms with Gasteiger partial charge in [-0.25, -0.2) is 4.79 Å². The van der Waals surface area contributed by atoms with Gasteiger partial charge in [-0.05, 0) is 60.4 Å². The van der Waals surface area contributed by atoms with Gasteiger partial charge in [-0.15, -0.1) is 0 Å². The molecule has 0 bridgehead atoms. The van der Waals surface area contributed by atoms with E-state index in [4.69, 9.17) is 9.84 Å². The number of benzene rings is 2. The average Bonchev–Trinajstić information content (AvgIpc) is 2.39. The van der Waals surface area contributed by atoms with Crippen LogP contribution in [0.5, 0.6) is 11.5 Å². The first-order chi connectivity index (χ1) is 9.47. The van der Waals surface area contributed by atoms with Crippen LogP contribution >= 0.6 is 0 Å². The standard InChI is InChI=1S/C17H18O3/c1-11(2)16-9-8-15(10-12(16)3)20-14-6-4-13(5-7-14)17(18)19/h4-11H,1-3H3,(H,18,19). The smallest absolute Gasteiger partial charge is 0.335 e. The van der Waals surface area contributed by atoms with Gasteiger partial charge in [0.1, 0.15) is 11.5 Å². The van der Waals surface area contributed by atoms with Gasteiger partial charge in [0.15, 0.2) is 0 Å². The first-order valence-corrected chi connectivity index (χ1v) is 6.59. The zero-order valence-electron chi connectivity index (χ0n) is 11.9. The van der Waals surface area contributed by atoms with Crippen LogP contribution in [-0.4, -0.2) is 11.1 Å². The van der Waals surface area contributed by atoms with E-state index >= 15 is 0 Å². The number of aromatic carboxylic acids is 1. The van der Waals surface area contributed by atoms with Gasteiger partial charge in [-0.1, -0.05) is 19.9 Å². The number of carbonyl (C=O) groups is 1. The normalized spacial score (nSPS) is 10.6. The van der Waals surface area contributed by atoms with E-state index in [0.717, 1.165) is 5.75 Å². The maximum atomic E-state index is 10.8. The molecule has 0 atom stereocenters. The summed E-state index contributed by atoms with van der Waals surface area (Å²) in [5.41, 5.74) is 2.75. The quantitative estimate of drug-likeness (QED) is 0.882. The molecule has 0 fully saturated rings. The van der Waals surface area contributed by atoms with Gasteiger partial charge in [0.2, 0.25) is 0 Å². The summed E-state index contributed by atoms with van der Waals surface area (Å²) in [4.78, 5) is 10.8. The highest BCUT2D eigenvalue weighted by atomic mass is 16.5. The topological polar surface area (TPSA) is 46.5 Å². The van der Waals surface area contributed by atoms with Crippen LogP contribution < -0.4 is 4.74 Å². The summed E-state index contributed by atoms with van der Waals surface area (Å²) >= 11 is 0. The fourth-order valence-electron chi connectivity index (χ4n) is 2.16. The molecular formula is C17H18O3. The molecule has 0 aliphatic carbocycles. The summed E-state index contributed by atoms with van der Waals surface area (Å²) in [5.74, 6) is 0.939. The van der Waals surface area contributed by atoms with Crippen molar-refractivity contribution in [3.05, 3.63) is 59.2 Å². The number of ether oxygens (including phenoxy) is 1. The Hall–Kier alpha value is -2.29. The molecule has 0 amide bonds. The second-order valence-corrected chi connectivity index (χ2v) is 5.10. The predicted molar refractivity (Wildman–Crippen MR) is 78.7 cm³/mol. The Kier molecular flexibility index (Phi) is 4.08. The zero-order chi connectivity index (χ0) is 14.7. The molecule has 3 nitrogen and oxygen atoms in total. The van der Waals surface area contributed by atoms with E-state index in [1.54, 1.807) is 12.1 Å². The number of aryl methyl sites for hydroxylation is 1. The van der Waals surface area contributed by atoms with E-state index in [-0.39, 0.29) is 5.56 Å². The van der Waals surface area contributed by atoms with Crippen LogP contribution in [0.3, 0.4) is 0 Å². The molecule has 0 saturated heterocycles. The van der Waals surface area contributed by atoms with E-state index in [9.17, 15) is 4.79 Å². The Morgan fingerprint density at radius 3 is 2.15 bits per heavy atom. The zero-order valence-corrected chi connectivity index (χ0v) is 11.9. The summed E-state index contributed by atoms with van der Waals surface area (Å²) in [7, 11) is 0. The maximum Gasteiger partial charge on any atom is 0.335 e. The molecule has 0 spiro atoms. The Morgan fingerprint density at radius 1 is 1.05 bits per heavy atom. The van der Waals surface area contributed by atoms with E-state index < -0.39 is 5.97 Å². The van der Waals surface area contributed by atoms with Crippen LogP contribution in [0.2, 0.25) is 0 Å². The third kappa shape index (κ3) is 3.18. The SMILES string of the molecule is Cc1cc(Oc2ccc(C(=O)O)cc2)ccc1C(C)C. The van der Waals surface area contributed by atoms with Crippen LogP contribution in [0.1, 0.15) is 41.3 Å². The molecule has 104 valence electrons. The molecule has 3 heteroatoms. The molecule has 0 heterocycles. The van der Waals surface area contributed by atoms with Crippen molar-refractivity contribution in [2.24, 2.45) is 0 Å². The van der Waals surface area contributed by atoms with E-state index in [1.165, 1.54) is 23.3 Å². The Bertz CT molecular complexity index is 613. The third-order valence-corrected chi connectivity index (χ3v) is 3.20. The Morgan fingerprint density at radius 2 is 1.65 bits per heavy atom. The van der Waals surface area contributed by atoms with Gasteiger partial charge in [0, 0.05) is 0 Å². The minimum Gasteiger partial charge on any atom is -0.478 e. The highest BCUT2D eigenvalue weighted by molar-refractivity contribution is 5.87. The van der Waals surface area contributed by atoms with E-state index in [2.05, 4.69) is 26.8 Å². The lowest BCUT2D eigenvalue weighted by Crippen LogP contribution is -1.96. The molecule has 0 unspecified atom stereocenters. The van der Waals surface area contributed by atoms with Crippen LogP contribution in [-0.2, 0) is 0 Å². The molecule has 2 rings (SSSR count). The summed E-state index contributed by atoms with van der Waals surface area (Å²) in [6.07, 6.45) is 0. The number of rotatable bonds is 4. The maximum absolute atomic E-state index is 10.8. The fourth-order valence-corrected chi connectivity index (χ4v) is 2.16. The minimum atomic E-state index is -0.936. The molecule has 0 saturated carbocycles.